The van der Waals surface area contributed by atoms with Gasteiger partial charge < -0.3 is 15.3 Å². The third-order valence-corrected chi connectivity index (χ3v) is 2.95. The van der Waals surface area contributed by atoms with Crippen LogP contribution in [-0.4, -0.2) is 24.0 Å². The third-order valence-electron chi connectivity index (χ3n) is 1.70. The first-order valence-corrected chi connectivity index (χ1v) is 5.31. The molecule has 0 aliphatic heterocycles. The Hall–Kier alpha value is -0.450. The lowest BCUT2D eigenvalue weighted by Gasteiger charge is -2.10. The summed E-state index contributed by atoms with van der Waals surface area (Å²) in [5.41, 5.74) is 5.59. The van der Waals surface area contributed by atoms with Crippen LogP contribution in [0.1, 0.15) is 16.8 Å². The minimum absolute atomic E-state index is 0.167. The van der Waals surface area contributed by atoms with Crippen molar-refractivity contribution in [2.45, 2.75) is 12.2 Å². The Morgan fingerprint density at radius 2 is 2.38 bits per heavy atom. The number of nitrogens with two attached hydrogens (primary N) is 1. The summed E-state index contributed by atoms with van der Waals surface area (Å²) in [6, 6.07) is 3.87. The maximum atomic E-state index is 8.67. The fourth-order valence-electron chi connectivity index (χ4n) is 1.09. The Labute approximate surface area is 82.3 Å². The fraction of sp³-hybridized carbons (Fsp3) is 0.556. The monoisotopic (exact) mass is 201 g/mol. The first-order chi connectivity index (χ1) is 6.27. The molecule has 3 N–H and O–H groups in total. The summed E-state index contributed by atoms with van der Waals surface area (Å²) in [7, 11) is 0. The van der Waals surface area contributed by atoms with Crippen LogP contribution in [0.15, 0.2) is 16.5 Å². The lowest BCUT2D eigenvalue weighted by atomic mass is 10.3. The van der Waals surface area contributed by atoms with Crippen molar-refractivity contribution in [1.82, 2.24) is 0 Å². The fourth-order valence-corrected chi connectivity index (χ4v) is 1.90. The summed E-state index contributed by atoms with van der Waals surface area (Å²) in [6.45, 7) is 2.63. The molecule has 1 rings (SSSR count). The average Bonchev–Trinajstić information content (AvgIpc) is 2.54. The Kier molecular flexibility index (Phi) is 4.35. The van der Waals surface area contributed by atoms with Gasteiger partial charge in [-0.3, -0.25) is 0 Å². The van der Waals surface area contributed by atoms with E-state index in [1.807, 2.05) is 19.1 Å². The number of furan rings is 1. The number of thioether (sulfide) groups is 1. The summed E-state index contributed by atoms with van der Waals surface area (Å²) in [5, 5.41) is 8.84. The van der Waals surface area contributed by atoms with E-state index in [2.05, 4.69) is 0 Å². The van der Waals surface area contributed by atoms with Crippen molar-refractivity contribution in [3.05, 3.63) is 23.7 Å². The normalized spacial score (nSPS) is 13.2. The standard InChI is InChI=1S/C9H15NO2S/c1-7-2-3-8(12-7)9(6-10)13-5-4-11/h2-3,9,11H,4-6,10H2,1H3. The molecular formula is C9H15NO2S. The highest BCUT2D eigenvalue weighted by molar-refractivity contribution is 7.99. The molecule has 0 spiro atoms. The van der Waals surface area contributed by atoms with E-state index in [0.717, 1.165) is 11.5 Å². The van der Waals surface area contributed by atoms with Crippen LogP contribution < -0.4 is 5.73 Å². The van der Waals surface area contributed by atoms with Gasteiger partial charge in [0.25, 0.3) is 0 Å². The Morgan fingerprint density at radius 1 is 1.62 bits per heavy atom. The average molecular weight is 201 g/mol. The van der Waals surface area contributed by atoms with Crippen molar-refractivity contribution in [3.63, 3.8) is 0 Å². The zero-order valence-corrected chi connectivity index (χ0v) is 8.51. The molecule has 0 amide bonds. The van der Waals surface area contributed by atoms with Crippen LogP contribution in [0.2, 0.25) is 0 Å². The number of rotatable bonds is 5. The molecule has 0 aromatic carbocycles. The van der Waals surface area contributed by atoms with Gasteiger partial charge in [-0.2, -0.15) is 0 Å². The second-order valence-electron chi connectivity index (χ2n) is 2.77. The highest BCUT2D eigenvalue weighted by Crippen LogP contribution is 2.28. The quantitative estimate of drug-likeness (QED) is 0.754. The lowest BCUT2D eigenvalue weighted by molar-refractivity contribution is 0.322. The third kappa shape index (κ3) is 3.06. The van der Waals surface area contributed by atoms with E-state index in [9.17, 15) is 0 Å². The molecule has 74 valence electrons. The maximum Gasteiger partial charge on any atom is 0.118 e. The number of aryl methyl sites for hydroxylation is 1. The molecule has 13 heavy (non-hydrogen) atoms. The van der Waals surface area contributed by atoms with Gasteiger partial charge in [-0.05, 0) is 19.1 Å². The molecule has 0 saturated heterocycles. The molecule has 0 aliphatic rings. The van der Waals surface area contributed by atoms with E-state index >= 15 is 0 Å². The molecule has 0 aliphatic carbocycles. The lowest BCUT2D eigenvalue weighted by Crippen LogP contribution is -2.09. The van der Waals surface area contributed by atoms with E-state index in [-0.39, 0.29) is 11.9 Å². The number of hydrogen-bond donors (Lipinski definition) is 2. The van der Waals surface area contributed by atoms with E-state index in [1.165, 1.54) is 0 Å². The van der Waals surface area contributed by atoms with Crippen molar-refractivity contribution >= 4 is 11.8 Å². The van der Waals surface area contributed by atoms with Crippen molar-refractivity contribution in [2.75, 3.05) is 18.9 Å². The van der Waals surface area contributed by atoms with Crippen LogP contribution in [0, 0.1) is 6.92 Å². The highest BCUT2D eigenvalue weighted by Gasteiger charge is 2.12. The summed E-state index contributed by atoms with van der Waals surface area (Å²) in [5.74, 6) is 2.50. The summed E-state index contributed by atoms with van der Waals surface area (Å²) in [4.78, 5) is 0. The molecule has 0 fully saturated rings. The first kappa shape index (κ1) is 10.6. The van der Waals surface area contributed by atoms with Gasteiger partial charge in [0.15, 0.2) is 0 Å². The van der Waals surface area contributed by atoms with Crippen molar-refractivity contribution in [1.29, 1.82) is 0 Å². The maximum absolute atomic E-state index is 8.67. The molecule has 1 atom stereocenters. The molecule has 0 radical (unpaired) electrons. The van der Waals surface area contributed by atoms with Crippen LogP contribution in [0.3, 0.4) is 0 Å². The zero-order valence-electron chi connectivity index (χ0n) is 7.69. The predicted octanol–water partition coefficient (Wildman–Crippen LogP) is 1.31. The van der Waals surface area contributed by atoms with Crippen molar-refractivity contribution in [3.8, 4) is 0 Å². The van der Waals surface area contributed by atoms with E-state index in [1.54, 1.807) is 11.8 Å². The number of aliphatic hydroxyl groups excluding tert-OH is 1. The minimum atomic E-state index is 0.167. The van der Waals surface area contributed by atoms with Gasteiger partial charge >= 0.3 is 0 Å². The SMILES string of the molecule is Cc1ccc(C(CN)SCCO)o1. The van der Waals surface area contributed by atoms with E-state index < -0.39 is 0 Å². The topological polar surface area (TPSA) is 59.4 Å². The van der Waals surface area contributed by atoms with Gasteiger partial charge in [-0.15, -0.1) is 11.8 Å². The summed E-state index contributed by atoms with van der Waals surface area (Å²) in [6.07, 6.45) is 0. The van der Waals surface area contributed by atoms with Gasteiger partial charge in [-0.25, -0.2) is 0 Å². The molecular weight excluding hydrogens is 186 g/mol. The van der Waals surface area contributed by atoms with Gasteiger partial charge in [-0.1, -0.05) is 0 Å². The molecule has 4 heteroatoms. The Bertz CT molecular complexity index is 250. The second kappa shape index (κ2) is 5.32. The van der Waals surface area contributed by atoms with E-state index in [0.29, 0.717) is 12.3 Å². The van der Waals surface area contributed by atoms with E-state index in [4.69, 9.17) is 15.3 Å². The molecule has 3 nitrogen and oxygen atoms in total. The summed E-state index contributed by atoms with van der Waals surface area (Å²) < 4.78 is 5.45. The van der Waals surface area contributed by atoms with Crippen LogP contribution in [-0.2, 0) is 0 Å². The van der Waals surface area contributed by atoms with Crippen LogP contribution in [0.4, 0.5) is 0 Å². The first-order valence-electron chi connectivity index (χ1n) is 4.26. The van der Waals surface area contributed by atoms with Gasteiger partial charge in [0, 0.05) is 12.3 Å². The molecule has 0 saturated carbocycles. The van der Waals surface area contributed by atoms with Crippen molar-refractivity contribution < 1.29 is 9.52 Å². The molecule has 1 unspecified atom stereocenters. The van der Waals surface area contributed by atoms with Crippen molar-refractivity contribution in [2.24, 2.45) is 5.73 Å². The van der Waals surface area contributed by atoms with Gasteiger partial charge in [0.05, 0.1) is 11.9 Å². The Balaban J connectivity index is 2.56. The smallest absolute Gasteiger partial charge is 0.118 e. The zero-order chi connectivity index (χ0) is 9.68. The van der Waals surface area contributed by atoms with Gasteiger partial charge in [0.2, 0.25) is 0 Å². The summed E-state index contributed by atoms with van der Waals surface area (Å²) >= 11 is 1.62. The van der Waals surface area contributed by atoms with Crippen LogP contribution in [0.25, 0.3) is 0 Å². The number of hydrogen-bond acceptors (Lipinski definition) is 4. The second-order valence-corrected chi connectivity index (χ2v) is 4.08. The highest BCUT2D eigenvalue weighted by atomic mass is 32.2. The molecule has 1 aromatic heterocycles. The predicted molar refractivity (Wildman–Crippen MR) is 54.8 cm³/mol. The number of aliphatic hydroxyl groups is 1. The van der Waals surface area contributed by atoms with Crippen LogP contribution >= 0.6 is 11.8 Å². The van der Waals surface area contributed by atoms with Gasteiger partial charge in [0.1, 0.15) is 11.5 Å². The molecule has 1 heterocycles. The molecule has 1 aromatic rings. The molecule has 0 bridgehead atoms. The minimum Gasteiger partial charge on any atom is -0.465 e. The largest absolute Gasteiger partial charge is 0.465 e. The Morgan fingerprint density at radius 3 is 2.85 bits per heavy atom. The van der Waals surface area contributed by atoms with Crippen LogP contribution in [0.5, 0.6) is 0 Å².